The van der Waals surface area contributed by atoms with Crippen molar-refractivity contribution < 1.29 is 31.1 Å². The Morgan fingerprint density at radius 3 is 2.56 bits per heavy atom. The average molecular weight is 353 g/mol. The fourth-order valence-corrected chi connectivity index (χ4v) is 1.61. The minimum Gasteiger partial charge on any atom is -1.00 e. The highest BCUT2D eigenvalue weighted by Crippen LogP contribution is 2.02. The summed E-state index contributed by atoms with van der Waals surface area (Å²) >= 11 is 3.30. The molecule has 16 heavy (non-hydrogen) atoms. The Bertz CT molecular complexity index is 327. The van der Waals surface area contributed by atoms with E-state index in [1.807, 2.05) is 36.0 Å². The molecule has 0 fully saturated rings. The van der Waals surface area contributed by atoms with Crippen LogP contribution in [0.2, 0.25) is 0 Å². The van der Waals surface area contributed by atoms with E-state index in [2.05, 4.69) is 15.9 Å². The second-order valence-corrected chi connectivity index (χ2v) is 4.40. The SMILES string of the molecule is CCOC(=O)C(Br)C[n+]1ccc(C)cc1.[Br-]. The van der Waals surface area contributed by atoms with Gasteiger partial charge in [0.15, 0.2) is 23.8 Å². The number of aromatic nitrogens is 1. The number of carbonyl (C=O) groups is 1. The normalized spacial score (nSPS) is 11.4. The maximum absolute atomic E-state index is 11.3. The third kappa shape index (κ3) is 5.07. The minimum atomic E-state index is -0.287. The first-order chi connectivity index (χ1) is 7.13. The lowest BCUT2D eigenvalue weighted by Gasteiger charge is -2.05. The van der Waals surface area contributed by atoms with Crippen LogP contribution in [0.25, 0.3) is 0 Å². The quantitative estimate of drug-likeness (QED) is 0.379. The molecule has 0 saturated heterocycles. The van der Waals surface area contributed by atoms with E-state index < -0.39 is 0 Å². The van der Waals surface area contributed by atoms with Crippen molar-refractivity contribution in [2.24, 2.45) is 0 Å². The van der Waals surface area contributed by atoms with Crippen LogP contribution in [-0.4, -0.2) is 17.4 Å². The van der Waals surface area contributed by atoms with Crippen LogP contribution in [-0.2, 0) is 16.1 Å². The molecule has 0 bridgehead atoms. The Kier molecular flexibility index (Phi) is 7.58. The van der Waals surface area contributed by atoms with Crippen molar-refractivity contribution in [1.29, 1.82) is 0 Å². The van der Waals surface area contributed by atoms with Gasteiger partial charge in [0, 0.05) is 12.1 Å². The number of esters is 1. The van der Waals surface area contributed by atoms with Crippen LogP contribution in [0.15, 0.2) is 24.5 Å². The van der Waals surface area contributed by atoms with Crippen molar-refractivity contribution >= 4 is 21.9 Å². The van der Waals surface area contributed by atoms with Crippen LogP contribution in [0.1, 0.15) is 12.5 Å². The second kappa shape index (κ2) is 7.79. The number of nitrogens with zero attached hydrogens (tertiary/aromatic N) is 1. The Morgan fingerprint density at radius 1 is 1.50 bits per heavy atom. The van der Waals surface area contributed by atoms with Gasteiger partial charge in [-0.3, -0.25) is 4.79 Å². The number of aryl methyl sites for hydroxylation is 1. The van der Waals surface area contributed by atoms with E-state index in [1.165, 1.54) is 5.56 Å². The zero-order valence-corrected chi connectivity index (χ0v) is 12.5. The highest BCUT2D eigenvalue weighted by Gasteiger charge is 2.20. The third-order valence-corrected chi connectivity index (χ3v) is 2.63. The van der Waals surface area contributed by atoms with Gasteiger partial charge in [0.25, 0.3) is 0 Å². The maximum Gasteiger partial charge on any atom is 0.326 e. The molecule has 1 heterocycles. The molecule has 0 radical (unpaired) electrons. The zero-order valence-electron chi connectivity index (χ0n) is 9.32. The van der Waals surface area contributed by atoms with E-state index in [0.717, 1.165) is 0 Å². The van der Waals surface area contributed by atoms with Crippen molar-refractivity contribution in [2.75, 3.05) is 6.61 Å². The number of hydrogen-bond donors (Lipinski definition) is 0. The lowest BCUT2D eigenvalue weighted by atomic mass is 10.3. The van der Waals surface area contributed by atoms with Gasteiger partial charge in [0.1, 0.15) is 0 Å². The third-order valence-electron chi connectivity index (χ3n) is 1.97. The lowest BCUT2D eigenvalue weighted by molar-refractivity contribution is -0.694. The summed E-state index contributed by atoms with van der Waals surface area (Å²) in [5.41, 5.74) is 1.20. The number of hydrogen-bond acceptors (Lipinski definition) is 2. The lowest BCUT2D eigenvalue weighted by Crippen LogP contribution is -3.00. The van der Waals surface area contributed by atoms with Crippen molar-refractivity contribution in [3.05, 3.63) is 30.1 Å². The maximum atomic E-state index is 11.3. The molecule has 3 nitrogen and oxygen atoms in total. The first kappa shape index (κ1) is 15.6. The number of ether oxygens (including phenoxy) is 1. The molecule has 0 aliphatic carbocycles. The number of halogens is 2. The Balaban J connectivity index is 0.00000225. The molecule has 0 aromatic carbocycles. The molecule has 0 spiro atoms. The minimum absolute atomic E-state index is 0. The van der Waals surface area contributed by atoms with Crippen LogP contribution >= 0.6 is 15.9 Å². The number of alkyl halides is 1. The van der Waals surface area contributed by atoms with Gasteiger partial charge in [-0.1, -0.05) is 15.9 Å². The van der Waals surface area contributed by atoms with Gasteiger partial charge in [-0.05, 0) is 19.4 Å². The molecule has 1 rings (SSSR count). The molecule has 0 aliphatic rings. The fraction of sp³-hybridized carbons (Fsp3) is 0.455. The smallest absolute Gasteiger partial charge is 0.326 e. The Morgan fingerprint density at radius 2 is 2.06 bits per heavy atom. The monoisotopic (exact) mass is 351 g/mol. The summed E-state index contributed by atoms with van der Waals surface area (Å²) in [6.07, 6.45) is 3.89. The highest BCUT2D eigenvalue weighted by atomic mass is 79.9. The topological polar surface area (TPSA) is 30.2 Å². The molecule has 90 valence electrons. The summed E-state index contributed by atoms with van der Waals surface area (Å²) in [4.78, 5) is 11.0. The molecule has 0 amide bonds. The molecular weight excluding hydrogens is 338 g/mol. The summed E-state index contributed by atoms with van der Waals surface area (Å²) in [6, 6.07) is 4.01. The van der Waals surface area contributed by atoms with Crippen molar-refractivity contribution in [2.45, 2.75) is 25.2 Å². The number of rotatable bonds is 4. The van der Waals surface area contributed by atoms with E-state index in [4.69, 9.17) is 4.74 Å². The number of pyridine rings is 1. The van der Waals surface area contributed by atoms with Gasteiger partial charge in [0.05, 0.1) is 6.61 Å². The van der Waals surface area contributed by atoms with E-state index in [-0.39, 0.29) is 27.8 Å². The van der Waals surface area contributed by atoms with Crippen LogP contribution in [0, 0.1) is 6.92 Å². The predicted molar refractivity (Wildman–Crippen MR) is 60.7 cm³/mol. The summed E-state index contributed by atoms with van der Waals surface area (Å²) in [5, 5.41) is 0. The van der Waals surface area contributed by atoms with E-state index in [9.17, 15) is 4.79 Å². The van der Waals surface area contributed by atoms with Crippen LogP contribution in [0.5, 0.6) is 0 Å². The molecule has 1 aromatic rings. The van der Waals surface area contributed by atoms with Gasteiger partial charge < -0.3 is 21.7 Å². The van der Waals surface area contributed by atoms with Crippen molar-refractivity contribution in [3.63, 3.8) is 0 Å². The van der Waals surface area contributed by atoms with Gasteiger partial charge in [-0.25, -0.2) is 4.57 Å². The van der Waals surface area contributed by atoms with Crippen molar-refractivity contribution in [3.8, 4) is 0 Å². The molecule has 1 aromatic heterocycles. The summed E-state index contributed by atoms with van der Waals surface area (Å²) in [7, 11) is 0. The second-order valence-electron chi connectivity index (χ2n) is 3.29. The molecule has 1 unspecified atom stereocenters. The first-order valence-corrected chi connectivity index (χ1v) is 5.81. The summed E-state index contributed by atoms with van der Waals surface area (Å²) in [5.74, 6) is -0.217. The summed E-state index contributed by atoms with van der Waals surface area (Å²) < 4.78 is 6.85. The van der Waals surface area contributed by atoms with Crippen LogP contribution in [0.3, 0.4) is 0 Å². The van der Waals surface area contributed by atoms with E-state index in [0.29, 0.717) is 13.2 Å². The Labute approximate surface area is 115 Å². The van der Waals surface area contributed by atoms with E-state index >= 15 is 0 Å². The highest BCUT2D eigenvalue weighted by molar-refractivity contribution is 9.10. The molecule has 0 N–H and O–H groups in total. The van der Waals surface area contributed by atoms with Crippen LogP contribution in [0.4, 0.5) is 0 Å². The molecule has 0 saturated carbocycles. The van der Waals surface area contributed by atoms with Crippen molar-refractivity contribution in [1.82, 2.24) is 0 Å². The van der Waals surface area contributed by atoms with Gasteiger partial charge in [-0.2, -0.15) is 0 Å². The average Bonchev–Trinajstić information content (AvgIpc) is 2.22. The molecule has 0 aliphatic heterocycles. The van der Waals surface area contributed by atoms with Gasteiger partial charge in [0.2, 0.25) is 0 Å². The first-order valence-electron chi connectivity index (χ1n) is 4.90. The number of carbonyl (C=O) groups excluding carboxylic acids is 1. The standard InChI is InChI=1S/C11H15BrNO2.BrH/c1-3-15-11(14)10(12)8-13-6-4-9(2)5-7-13;/h4-7,10H,3,8H2,1-2H3;1H/q+1;/p-1. The molecular formula is C11H15Br2NO2. The zero-order chi connectivity index (χ0) is 11.3. The molecule has 5 heteroatoms. The fourth-order valence-electron chi connectivity index (χ4n) is 1.15. The summed E-state index contributed by atoms with van der Waals surface area (Å²) in [6.45, 7) is 4.83. The largest absolute Gasteiger partial charge is 1.00 e. The Hall–Kier alpha value is -0.420. The van der Waals surface area contributed by atoms with Gasteiger partial charge in [-0.15, -0.1) is 0 Å². The van der Waals surface area contributed by atoms with E-state index in [1.54, 1.807) is 6.92 Å². The van der Waals surface area contributed by atoms with Gasteiger partial charge >= 0.3 is 5.97 Å². The predicted octanol–water partition coefficient (Wildman–Crippen LogP) is -1.39. The van der Waals surface area contributed by atoms with Crippen LogP contribution < -0.4 is 21.5 Å². The molecule has 1 atom stereocenters.